The first-order valence-corrected chi connectivity index (χ1v) is 8.39. The summed E-state index contributed by atoms with van der Waals surface area (Å²) >= 11 is 0. The molecule has 0 aromatic heterocycles. The van der Waals surface area contributed by atoms with Crippen LogP contribution in [-0.2, 0) is 4.74 Å². The van der Waals surface area contributed by atoms with Crippen LogP contribution in [0.15, 0.2) is 48.5 Å². The Balaban J connectivity index is 1.71. The average molecular weight is 324 g/mol. The molecule has 24 heavy (non-hydrogen) atoms. The van der Waals surface area contributed by atoms with Crippen molar-refractivity contribution in [1.29, 1.82) is 0 Å². The van der Waals surface area contributed by atoms with Crippen LogP contribution in [0.4, 0.5) is 11.4 Å². The zero-order valence-electron chi connectivity index (χ0n) is 14.5. The SMILES string of the molecule is Cc1cccc(C(=O)Nc2ccc(N3C(C)COCC3C)cc2)c1. The summed E-state index contributed by atoms with van der Waals surface area (Å²) in [6.07, 6.45) is 0. The summed E-state index contributed by atoms with van der Waals surface area (Å²) in [6, 6.07) is 16.3. The highest BCUT2D eigenvalue weighted by Crippen LogP contribution is 2.25. The highest BCUT2D eigenvalue weighted by Gasteiger charge is 2.25. The summed E-state index contributed by atoms with van der Waals surface area (Å²) in [5, 5.41) is 2.96. The van der Waals surface area contributed by atoms with E-state index in [1.807, 2.05) is 43.3 Å². The number of carbonyl (C=O) groups excluding carboxylic acids is 1. The lowest BCUT2D eigenvalue weighted by molar-refractivity contribution is 0.0757. The van der Waals surface area contributed by atoms with Gasteiger partial charge >= 0.3 is 0 Å². The smallest absolute Gasteiger partial charge is 0.255 e. The molecule has 1 heterocycles. The number of nitrogens with one attached hydrogen (secondary N) is 1. The van der Waals surface area contributed by atoms with E-state index in [1.54, 1.807) is 0 Å². The highest BCUT2D eigenvalue weighted by molar-refractivity contribution is 6.04. The second-order valence-electron chi connectivity index (χ2n) is 6.51. The molecule has 1 aliphatic rings. The molecule has 126 valence electrons. The van der Waals surface area contributed by atoms with Gasteiger partial charge in [-0.2, -0.15) is 0 Å². The maximum Gasteiger partial charge on any atom is 0.255 e. The Labute approximate surface area is 143 Å². The topological polar surface area (TPSA) is 41.6 Å². The lowest BCUT2D eigenvalue weighted by atomic mass is 10.1. The van der Waals surface area contributed by atoms with Crippen LogP contribution < -0.4 is 10.2 Å². The fourth-order valence-corrected chi connectivity index (χ4v) is 3.22. The van der Waals surface area contributed by atoms with Crippen molar-refractivity contribution in [2.24, 2.45) is 0 Å². The number of hydrogen-bond acceptors (Lipinski definition) is 3. The van der Waals surface area contributed by atoms with E-state index in [0.29, 0.717) is 17.6 Å². The van der Waals surface area contributed by atoms with Gasteiger partial charge in [-0.1, -0.05) is 17.7 Å². The molecule has 0 bridgehead atoms. The van der Waals surface area contributed by atoms with Crippen molar-refractivity contribution >= 4 is 17.3 Å². The molecule has 2 atom stereocenters. The second-order valence-corrected chi connectivity index (χ2v) is 6.51. The number of anilines is 2. The third-order valence-corrected chi connectivity index (χ3v) is 4.37. The van der Waals surface area contributed by atoms with Gasteiger partial charge in [0.25, 0.3) is 5.91 Å². The standard InChI is InChI=1S/C20H24N2O2/c1-14-5-4-6-17(11-14)20(23)21-18-7-9-19(10-8-18)22-15(2)12-24-13-16(22)3/h4-11,15-16H,12-13H2,1-3H3,(H,21,23). The Morgan fingerprint density at radius 1 is 1.08 bits per heavy atom. The Bertz CT molecular complexity index is 702. The monoisotopic (exact) mass is 324 g/mol. The van der Waals surface area contributed by atoms with Crippen LogP contribution in [0.1, 0.15) is 29.8 Å². The van der Waals surface area contributed by atoms with Gasteiger partial charge in [0.05, 0.1) is 13.2 Å². The molecule has 1 saturated heterocycles. The van der Waals surface area contributed by atoms with Crippen LogP contribution >= 0.6 is 0 Å². The molecular formula is C20H24N2O2. The first-order chi connectivity index (χ1) is 11.5. The molecule has 2 aromatic rings. The minimum absolute atomic E-state index is 0.0837. The van der Waals surface area contributed by atoms with Crippen LogP contribution in [0.25, 0.3) is 0 Å². The fourth-order valence-electron chi connectivity index (χ4n) is 3.22. The first kappa shape index (κ1) is 16.5. The van der Waals surface area contributed by atoms with E-state index in [-0.39, 0.29) is 5.91 Å². The lowest BCUT2D eigenvalue weighted by Gasteiger charge is -2.40. The van der Waals surface area contributed by atoms with Gasteiger partial charge < -0.3 is 15.0 Å². The van der Waals surface area contributed by atoms with Crippen molar-refractivity contribution in [2.75, 3.05) is 23.4 Å². The van der Waals surface area contributed by atoms with Gasteiger partial charge in [0.15, 0.2) is 0 Å². The maximum atomic E-state index is 12.3. The Morgan fingerprint density at radius 2 is 1.75 bits per heavy atom. The number of carbonyl (C=O) groups is 1. The van der Waals surface area contributed by atoms with Crippen molar-refractivity contribution in [2.45, 2.75) is 32.9 Å². The average Bonchev–Trinajstić information content (AvgIpc) is 2.56. The quantitative estimate of drug-likeness (QED) is 0.932. The second kappa shape index (κ2) is 7.05. The predicted octanol–water partition coefficient (Wildman–Crippen LogP) is 3.86. The van der Waals surface area contributed by atoms with E-state index in [9.17, 15) is 4.79 Å². The number of rotatable bonds is 3. The van der Waals surface area contributed by atoms with Crippen molar-refractivity contribution < 1.29 is 9.53 Å². The molecule has 1 N–H and O–H groups in total. The van der Waals surface area contributed by atoms with E-state index in [4.69, 9.17) is 4.74 Å². The lowest BCUT2D eigenvalue weighted by Crippen LogP contribution is -2.49. The number of morpholine rings is 1. The fraction of sp³-hybridized carbons (Fsp3) is 0.350. The molecule has 2 unspecified atom stereocenters. The van der Waals surface area contributed by atoms with Crippen LogP contribution in [0.3, 0.4) is 0 Å². The number of ether oxygens (including phenoxy) is 1. The van der Waals surface area contributed by atoms with Crippen LogP contribution in [-0.4, -0.2) is 31.2 Å². The largest absolute Gasteiger partial charge is 0.377 e. The van der Waals surface area contributed by atoms with Gasteiger partial charge in [-0.15, -0.1) is 0 Å². The minimum atomic E-state index is -0.0837. The molecule has 4 heteroatoms. The molecule has 0 aliphatic carbocycles. The molecule has 1 fully saturated rings. The minimum Gasteiger partial charge on any atom is -0.377 e. The van der Waals surface area contributed by atoms with Crippen molar-refractivity contribution in [1.82, 2.24) is 0 Å². The Morgan fingerprint density at radius 3 is 2.38 bits per heavy atom. The Hall–Kier alpha value is -2.33. The number of nitrogens with zero attached hydrogens (tertiary/aromatic N) is 1. The molecule has 2 aromatic carbocycles. The number of benzene rings is 2. The van der Waals surface area contributed by atoms with Gasteiger partial charge in [0.2, 0.25) is 0 Å². The van der Waals surface area contributed by atoms with E-state index < -0.39 is 0 Å². The van der Waals surface area contributed by atoms with Crippen molar-refractivity contribution in [3.63, 3.8) is 0 Å². The molecule has 0 saturated carbocycles. The summed E-state index contributed by atoms with van der Waals surface area (Å²) in [4.78, 5) is 14.7. The molecule has 1 amide bonds. The number of hydrogen-bond donors (Lipinski definition) is 1. The molecular weight excluding hydrogens is 300 g/mol. The highest BCUT2D eigenvalue weighted by atomic mass is 16.5. The van der Waals surface area contributed by atoms with Crippen molar-refractivity contribution in [3.05, 3.63) is 59.7 Å². The molecule has 0 spiro atoms. The van der Waals surface area contributed by atoms with Gasteiger partial charge in [0, 0.05) is 29.0 Å². The zero-order valence-corrected chi connectivity index (χ0v) is 14.5. The zero-order chi connectivity index (χ0) is 17.1. The summed E-state index contributed by atoms with van der Waals surface area (Å²) in [5.41, 5.74) is 3.72. The summed E-state index contributed by atoms with van der Waals surface area (Å²) in [6.45, 7) is 7.81. The van der Waals surface area contributed by atoms with Gasteiger partial charge in [0.1, 0.15) is 0 Å². The third-order valence-electron chi connectivity index (χ3n) is 4.37. The molecule has 1 aliphatic heterocycles. The first-order valence-electron chi connectivity index (χ1n) is 8.39. The molecule has 3 rings (SSSR count). The molecule has 4 nitrogen and oxygen atoms in total. The van der Waals surface area contributed by atoms with Crippen molar-refractivity contribution in [3.8, 4) is 0 Å². The predicted molar refractivity (Wildman–Crippen MR) is 97.8 cm³/mol. The van der Waals surface area contributed by atoms with E-state index >= 15 is 0 Å². The molecule has 0 radical (unpaired) electrons. The third kappa shape index (κ3) is 3.60. The summed E-state index contributed by atoms with van der Waals surface area (Å²) < 4.78 is 5.58. The maximum absolute atomic E-state index is 12.3. The van der Waals surface area contributed by atoms with Crippen LogP contribution in [0, 0.1) is 6.92 Å². The number of amides is 1. The Kier molecular flexibility index (Phi) is 4.86. The number of aryl methyl sites for hydroxylation is 1. The van der Waals surface area contributed by atoms with Crippen LogP contribution in [0.2, 0.25) is 0 Å². The van der Waals surface area contributed by atoms with E-state index in [2.05, 4.69) is 36.2 Å². The summed E-state index contributed by atoms with van der Waals surface area (Å²) in [5.74, 6) is -0.0837. The summed E-state index contributed by atoms with van der Waals surface area (Å²) in [7, 11) is 0. The van der Waals surface area contributed by atoms with E-state index in [0.717, 1.165) is 30.2 Å². The van der Waals surface area contributed by atoms with Gasteiger partial charge in [-0.3, -0.25) is 4.79 Å². The van der Waals surface area contributed by atoms with Gasteiger partial charge in [-0.25, -0.2) is 0 Å². The van der Waals surface area contributed by atoms with Crippen LogP contribution in [0.5, 0.6) is 0 Å². The van der Waals surface area contributed by atoms with E-state index in [1.165, 1.54) is 0 Å². The van der Waals surface area contributed by atoms with Gasteiger partial charge in [-0.05, 0) is 57.2 Å². The normalized spacial score (nSPS) is 20.7.